The highest BCUT2D eigenvalue weighted by Gasteiger charge is 2.13. The number of ether oxygens (including phenoxy) is 3. The van der Waals surface area contributed by atoms with Crippen LogP contribution in [0.25, 0.3) is 22.2 Å². The van der Waals surface area contributed by atoms with E-state index in [4.69, 9.17) is 14.2 Å². The molecule has 7 nitrogen and oxygen atoms in total. The normalized spacial score (nSPS) is 10.9. The molecule has 0 aliphatic carbocycles. The van der Waals surface area contributed by atoms with Crippen molar-refractivity contribution in [1.29, 1.82) is 0 Å². The maximum atomic E-state index is 14.6. The number of hydrogen-bond donors (Lipinski definition) is 2. The first-order valence-corrected chi connectivity index (χ1v) is 9.86. The topological polar surface area (TPSA) is 85.5 Å². The molecule has 3 aromatic rings. The largest absolute Gasteiger partial charge is 0.491 e. The Morgan fingerprint density at radius 2 is 2.03 bits per heavy atom. The van der Waals surface area contributed by atoms with Gasteiger partial charge >= 0.3 is 6.09 Å². The minimum absolute atomic E-state index is 0.284. The monoisotopic (exact) mass is 465 g/mol. The molecule has 0 saturated heterocycles. The van der Waals surface area contributed by atoms with E-state index < -0.39 is 11.9 Å². The smallest absolute Gasteiger partial charge is 0.406 e. The molecular formula is C20H21BrFN3O4. The van der Waals surface area contributed by atoms with Crippen molar-refractivity contribution in [3.05, 3.63) is 46.7 Å². The molecular weight excluding hydrogens is 445 g/mol. The van der Waals surface area contributed by atoms with E-state index in [0.29, 0.717) is 36.6 Å². The summed E-state index contributed by atoms with van der Waals surface area (Å²) in [5, 5.41) is 10.4. The van der Waals surface area contributed by atoms with E-state index in [9.17, 15) is 9.18 Å². The summed E-state index contributed by atoms with van der Waals surface area (Å²) in [6.45, 7) is 1.36. The lowest BCUT2D eigenvalue weighted by Gasteiger charge is -2.09. The zero-order valence-electron chi connectivity index (χ0n) is 15.8. The summed E-state index contributed by atoms with van der Waals surface area (Å²) in [7, 11) is 1.50. The van der Waals surface area contributed by atoms with Crippen LogP contribution in [-0.4, -0.2) is 49.8 Å². The third-order valence-electron chi connectivity index (χ3n) is 4.09. The number of rotatable bonds is 9. The molecule has 0 saturated carbocycles. The molecule has 29 heavy (non-hydrogen) atoms. The fourth-order valence-electron chi connectivity index (χ4n) is 2.69. The van der Waals surface area contributed by atoms with Crippen LogP contribution in [0.1, 0.15) is 6.42 Å². The predicted molar refractivity (Wildman–Crippen MR) is 111 cm³/mol. The fourth-order valence-corrected chi connectivity index (χ4v) is 3.05. The predicted octanol–water partition coefficient (Wildman–Crippen LogP) is 4.27. The molecule has 1 amide bonds. The Balaban J connectivity index is 1.48. The second-order valence-corrected chi connectivity index (χ2v) is 7.02. The second kappa shape index (κ2) is 10.2. The number of amides is 1. The number of fused-ring (bicyclic) bond motifs is 1. The fraction of sp³-hybridized carbons (Fsp3) is 0.300. The highest BCUT2D eigenvalue weighted by molar-refractivity contribution is 9.10. The standard InChI is InChI=1S/C20H21BrFN3O4/c1-23-20(26)29-8-2-7-27-9-10-28-14-4-6-15(17(22)12-14)19-16-5-3-13(21)11-18(16)24-25-19/h3-6,11-12H,2,7-10H2,1H3,(H,23,26)(H,24,25). The number of hydrogen-bond acceptors (Lipinski definition) is 5. The number of benzene rings is 2. The molecule has 154 valence electrons. The first-order valence-electron chi connectivity index (χ1n) is 9.07. The van der Waals surface area contributed by atoms with Gasteiger partial charge in [-0.2, -0.15) is 5.10 Å². The van der Waals surface area contributed by atoms with Crippen LogP contribution in [0.2, 0.25) is 0 Å². The molecule has 0 unspecified atom stereocenters. The van der Waals surface area contributed by atoms with E-state index in [1.165, 1.54) is 13.1 Å². The highest BCUT2D eigenvalue weighted by atomic mass is 79.9. The van der Waals surface area contributed by atoms with Gasteiger partial charge in [0.05, 0.1) is 18.7 Å². The van der Waals surface area contributed by atoms with Gasteiger partial charge in [0.15, 0.2) is 0 Å². The summed E-state index contributed by atoms with van der Waals surface area (Å²) >= 11 is 3.41. The third kappa shape index (κ3) is 5.68. The third-order valence-corrected chi connectivity index (χ3v) is 4.58. The molecule has 0 spiro atoms. The Morgan fingerprint density at radius 1 is 1.17 bits per heavy atom. The van der Waals surface area contributed by atoms with E-state index in [0.717, 1.165) is 15.4 Å². The van der Waals surface area contributed by atoms with Crippen molar-refractivity contribution in [2.75, 3.05) is 33.5 Å². The molecule has 0 radical (unpaired) electrons. The highest BCUT2D eigenvalue weighted by Crippen LogP contribution is 2.31. The van der Waals surface area contributed by atoms with Crippen molar-refractivity contribution >= 4 is 32.9 Å². The van der Waals surface area contributed by atoms with Crippen LogP contribution in [0.3, 0.4) is 0 Å². The maximum absolute atomic E-state index is 14.6. The molecule has 1 aromatic heterocycles. The molecule has 0 atom stereocenters. The molecule has 1 heterocycles. The van der Waals surface area contributed by atoms with Crippen molar-refractivity contribution in [2.24, 2.45) is 0 Å². The number of halogens is 2. The number of carbonyl (C=O) groups excluding carboxylic acids is 1. The average Bonchev–Trinajstić information content (AvgIpc) is 3.12. The molecule has 3 rings (SSSR count). The van der Waals surface area contributed by atoms with Gasteiger partial charge in [-0.05, 0) is 30.3 Å². The Kier molecular flexibility index (Phi) is 7.42. The lowest BCUT2D eigenvalue weighted by atomic mass is 10.1. The SMILES string of the molecule is CNC(=O)OCCCOCCOc1ccc(-c2n[nH]c3cc(Br)ccc23)c(F)c1. The van der Waals surface area contributed by atoms with Crippen molar-refractivity contribution in [3.8, 4) is 17.0 Å². The Hall–Kier alpha value is -2.65. The van der Waals surface area contributed by atoms with Crippen LogP contribution in [0.4, 0.5) is 9.18 Å². The zero-order valence-corrected chi connectivity index (χ0v) is 17.4. The lowest BCUT2D eigenvalue weighted by Crippen LogP contribution is -2.20. The van der Waals surface area contributed by atoms with Gasteiger partial charge in [0.1, 0.15) is 23.9 Å². The van der Waals surface area contributed by atoms with E-state index in [-0.39, 0.29) is 13.2 Å². The van der Waals surface area contributed by atoms with Gasteiger partial charge in [-0.15, -0.1) is 0 Å². The second-order valence-electron chi connectivity index (χ2n) is 6.10. The number of aromatic amines is 1. The van der Waals surface area contributed by atoms with E-state index >= 15 is 0 Å². The van der Waals surface area contributed by atoms with Crippen molar-refractivity contribution in [3.63, 3.8) is 0 Å². The summed E-state index contributed by atoms with van der Waals surface area (Å²) in [5.41, 5.74) is 1.78. The maximum Gasteiger partial charge on any atom is 0.406 e. The zero-order chi connectivity index (χ0) is 20.6. The van der Waals surface area contributed by atoms with Crippen molar-refractivity contribution < 1.29 is 23.4 Å². The molecule has 2 aromatic carbocycles. The Labute approximate surface area is 175 Å². The number of carbonyl (C=O) groups is 1. The number of nitrogens with one attached hydrogen (secondary N) is 2. The van der Waals surface area contributed by atoms with Crippen LogP contribution in [0, 0.1) is 5.82 Å². The summed E-state index contributed by atoms with van der Waals surface area (Å²) < 4.78 is 31.3. The number of H-pyrrole nitrogens is 1. The van der Waals surface area contributed by atoms with E-state index in [1.54, 1.807) is 12.1 Å². The average molecular weight is 466 g/mol. The minimum Gasteiger partial charge on any atom is -0.491 e. The summed E-state index contributed by atoms with van der Waals surface area (Å²) in [5.74, 6) is 0.00599. The Morgan fingerprint density at radius 3 is 2.83 bits per heavy atom. The van der Waals surface area contributed by atoms with Gasteiger partial charge in [0, 0.05) is 41.6 Å². The van der Waals surface area contributed by atoms with Crippen LogP contribution in [0.15, 0.2) is 40.9 Å². The first-order chi connectivity index (χ1) is 14.1. The molecule has 0 aliphatic heterocycles. The van der Waals surface area contributed by atoms with Crippen molar-refractivity contribution in [1.82, 2.24) is 15.5 Å². The van der Waals surface area contributed by atoms with Gasteiger partial charge in [0.2, 0.25) is 0 Å². The number of aromatic nitrogens is 2. The van der Waals surface area contributed by atoms with Gasteiger partial charge in [-0.1, -0.05) is 15.9 Å². The van der Waals surface area contributed by atoms with Crippen LogP contribution in [0.5, 0.6) is 5.75 Å². The van der Waals surface area contributed by atoms with E-state index in [2.05, 4.69) is 31.4 Å². The minimum atomic E-state index is -0.463. The van der Waals surface area contributed by atoms with Gasteiger partial charge < -0.3 is 19.5 Å². The molecule has 0 bridgehead atoms. The number of alkyl carbamates (subject to hydrolysis) is 1. The lowest BCUT2D eigenvalue weighted by molar-refractivity contribution is 0.0814. The van der Waals surface area contributed by atoms with Crippen LogP contribution < -0.4 is 10.1 Å². The molecule has 9 heteroatoms. The summed E-state index contributed by atoms with van der Waals surface area (Å²) in [6, 6.07) is 10.4. The molecule has 0 fully saturated rings. The molecule has 0 aliphatic rings. The Bertz CT molecular complexity index is 980. The quantitative estimate of drug-likeness (QED) is 0.460. The van der Waals surface area contributed by atoms with Gasteiger partial charge in [0.25, 0.3) is 0 Å². The molecule has 2 N–H and O–H groups in total. The summed E-state index contributed by atoms with van der Waals surface area (Å²) in [6.07, 6.45) is 0.125. The van der Waals surface area contributed by atoms with Gasteiger partial charge in [-0.25, -0.2) is 9.18 Å². The van der Waals surface area contributed by atoms with Crippen LogP contribution >= 0.6 is 15.9 Å². The van der Waals surface area contributed by atoms with Crippen LogP contribution in [-0.2, 0) is 9.47 Å². The number of nitrogens with zero attached hydrogens (tertiary/aromatic N) is 1. The van der Waals surface area contributed by atoms with Gasteiger partial charge in [-0.3, -0.25) is 5.10 Å². The summed E-state index contributed by atoms with van der Waals surface area (Å²) in [4.78, 5) is 10.9. The van der Waals surface area contributed by atoms with Crippen molar-refractivity contribution in [2.45, 2.75) is 6.42 Å². The first kappa shape index (κ1) is 21.1. The van der Waals surface area contributed by atoms with E-state index in [1.807, 2.05) is 18.2 Å².